The van der Waals surface area contributed by atoms with Gasteiger partial charge in [0.05, 0.1) is 13.2 Å². The number of rotatable bonds is 1. The first-order chi connectivity index (χ1) is 11.8. The summed E-state index contributed by atoms with van der Waals surface area (Å²) in [5.41, 5.74) is 4.74. The molecule has 0 amide bonds. The standard InChI is InChI=1S/C20H24N2O2/c23-8-5-13-10-21-7-6-20-16-3-1-2-4-17(16)22-12-24-11-15(19(20)22)14(13)9-18(20)21/h1-5,14-15,18-19,23H,6-12H2/b13-5-/t14-,15+,18-,19-,20+/m0/s1. The molecule has 0 unspecified atom stereocenters. The summed E-state index contributed by atoms with van der Waals surface area (Å²) < 4.78 is 6.07. The number of aliphatic hydroxyl groups excluding tert-OH is 1. The molecular weight excluding hydrogens is 300 g/mol. The third-order valence-electron chi connectivity index (χ3n) is 7.58. The summed E-state index contributed by atoms with van der Waals surface area (Å²) in [6.45, 7) is 4.00. The van der Waals surface area contributed by atoms with Gasteiger partial charge in [-0.05, 0) is 36.9 Å². The normalized spacial score (nSPS) is 43.9. The van der Waals surface area contributed by atoms with E-state index in [9.17, 15) is 5.11 Å². The van der Waals surface area contributed by atoms with Crippen LogP contribution in [0.3, 0.4) is 0 Å². The second-order valence-electron chi connectivity index (χ2n) is 8.18. The Morgan fingerprint density at radius 2 is 2.25 bits per heavy atom. The predicted molar refractivity (Wildman–Crippen MR) is 91.9 cm³/mol. The molecular formula is C20H24N2O2. The van der Waals surface area contributed by atoms with Gasteiger partial charge in [0.15, 0.2) is 0 Å². The molecule has 1 aromatic rings. The summed E-state index contributed by atoms with van der Waals surface area (Å²) in [5.74, 6) is 1.13. The van der Waals surface area contributed by atoms with Crippen molar-refractivity contribution in [3.63, 3.8) is 0 Å². The molecule has 1 N–H and O–H groups in total. The van der Waals surface area contributed by atoms with Gasteiger partial charge in [0.25, 0.3) is 0 Å². The first kappa shape index (κ1) is 13.9. The Kier molecular flexibility index (Phi) is 2.68. The maximum atomic E-state index is 9.50. The highest BCUT2D eigenvalue weighted by Gasteiger charge is 2.67. The van der Waals surface area contributed by atoms with E-state index in [4.69, 9.17) is 4.74 Å². The zero-order chi connectivity index (χ0) is 15.9. The SMILES string of the molecule is OC/C=C1/CN2CC[C@]34c5ccccc5N5COC[C@@H]([C@H]53)[C@H]1C[C@H]24. The highest BCUT2D eigenvalue weighted by molar-refractivity contribution is 5.67. The van der Waals surface area contributed by atoms with Crippen LogP contribution >= 0.6 is 0 Å². The second kappa shape index (κ2) is 4.63. The van der Waals surface area contributed by atoms with Crippen LogP contribution in [0.25, 0.3) is 0 Å². The van der Waals surface area contributed by atoms with Gasteiger partial charge in [-0.1, -0.05) is 29.8 Å². The predicted octanol–water partition coefficient (Wildman–Crippen LogP) is 1.74. The van der Waals surface area contributed by atoms with E-state index in [-0.39, 0.29) is 6.61 Å². The molecule has 0 radical (unpaired) electrons. The van der Waals surface area contributed by atoms with E-state index in [0.717, 1.165) is 19.9 Å². The maximum absolute atomic E-state index is 9.50. The molecule has 1 aliphatic carbocycles. The minimum atomic E-state index is 0.164. The first-order valence-electron chi connectivity index (χ1n) is 9.32. The molecule has 1 spiro atoms. The summed E-state index contributed by atoms with van der Waals surface area (Å²) in [5, 5.41) is 9.50. The molecule has 2 bridgehead atoms. The quantitative estimate of drug-likeness (QED) is 0.799. The molecule has 5 atom stereocenters. The number of hydrogen-bond donors (Lipinski definition) is 1. The van der Waals surface area contributed by atoms with Crippen LogP contribution in [-0.2, 0) is 10.2 Å². The van der Waals surface area contributed by atoms with Crippen LogP contribution in [-0.4, -0.2) is 55.1 Å². The van der Waals surface area contributed by atoms with Gasteiger partial charge in [0, 0.05) is 35.6 Å². The van der Waals surface area contributed by atoms with Gasteiger partial charge in [-0.3, -0.25) is 4.90 Å². The lowest BCUT2D eigenvalue weighted by molar-refractivity contribution is -0.0406. The number of fused-ring (bicyclic) bond motifs is 4. The Labute approximate surface area is 142 Å². The summed E-state index contributed by atoms with van der Waals surface area (Å²) >= 11 is 0. The molecule has 24 heavy (non-hydrogen) atoms. The molecule has 0 aromatic heterocycles. The molecule has 4 heterocycles. The van der Waals surface area contributed by atoms with Gasteiger partial charge in [-0.15, -0.1) is 0 Å². The molecule has 4 fully saturated rings. The Morgan fingerprint density at radius 3 is 3.17 bits per heavy atom. The van der Waals surface area contributed by atoms with E-state index in [0.29, 0.717) is 29.3 Å². The first-order valence-corrected chi connectivity index (χ1v) is 9.32. The van der Waals surface area contributed by atoms with Crippen molar-refractivity contribution >= 4 is 5.69 Å². The molecule has 3 saturated heterocycles. The summed E-state index contributed by atoms with van der Waals surface area (Å²) in [7, 11) is 0. The highest BCUT2D eigenvalue weighted by atomic mass is 16.5. The molecule has 1 aromatic carbocycles. The van der Waals surface area contributed by atoms with Gasteiger partial charge in [0.1, 0.15) is 6.73 Å². The van der Waals surface area contributed by atoms with E-state index in [1.165, 1.54) is 30.6 Å². The minimum Gasteiger partial charge on any atom is -0.392 e. The largest absolute Gasteiger partial charge is 0.392 e. The van der Waals surface area contributed by atoms with Crippen molar-refractivity contribution in [2.24, 2.45) is 11.8 Å². The number of aliphatic hydroxyl groups is 1. The smallest absolute Gasteiger partial charge is 0.119 e. The Bertz CT molecular complexity index is 732. The van der Waals surface area contributed by atoms with Crippen molar-refractivity contribution in [3.8, 4) is 0 Å². The average molecular weight is 324 g/mol. The number of ether oxygens (including phenoxy) is 1. The third-order valence-corrected chi connectivity index (χ3v) is 7.58. The van der Waals surface area contributed by atoms with Crippen LogP contribution in [0.5, 0.6) is 0 Å². The van der Waals surface area contributed by atoms with Gasteiger partial charge >= 0.3 is 0 Å². The molecule has 1 saturated carbocycles. The fraction of sp³-hybridized carbons (Fsp3) is 0.600. The summed E-state index contributed by atoms with van der Waals surface area (Å²) in [6.07, 6.45) is 4.58. The van der Waals surface area contributed by atoms with Crippen LogP contribution in [0.4, 0.5) is 5.69 Å². The molecule has 4 aliphatic heterocycles. The third kappa shape index (κ3) is 1.43. The Balaban J connectivity index is 1.58. The van der Waals surface area contributed by atoms with Crippen LogP contribution in [0, 0.1) is 11.8 Å². The van der Waals surface area contributed by atoms with Crippen molar-refractivity contribution in [1.29, 1.82) is 0 Å². The number of para-hydroxylation sites is 1. The minimum absolute atomic E-state index is 0.164. The maximum Gasteiger partial charge on any atom is 0.119 e. The van der Waals surface area contributed by atoms with Crippen molar-refractivity contribution < 1.29 is 9.84 Å². The second-order valence-corrected chi connectivity index (χ2v) is 8.18. The number of benzene rings is 1. The van der Waals surface area contributed by atoms with Gasteiger partial charge in [-0.25, -0.2) is 0 Å². The Morgan fingerprint density at radius 1 is 1.33 bits per heavy atom. The van der Waals surface area contributed by atoms with E-state index >= 15 is 0 Å². The number of nitrogens with zero attached hydrogens (tertiary/aromatic N) is 2. The molecule has 126 valence electrons. The van der Waals surface area contributed by atoms with Gasteiger partial charge in [-0.2, -0.15) is 0 Å². The Hall–Kier alpha value is -1.36. The molecule has 4 heteroatoms. The lowest BCUT2D eigenvalue weighted by Gasteiger charge is -2.58. The highest BCUT2D eigenvalue weighted by Crippen LogP contribution is 2.63. The molecule has 4 nitrogen and oxygen atoms in total. The lowest BCUT2D eigenvalue weighted by Crippen LogP contribution is -2.66. The molecule has 5 aliphatic rings. The van der Waals surface area contributed by atoms with Crippen molar-refractivity contribution in [2.75, 3.05) is 37.9 Å². The van der Waals surface area contributed by atoms with Crippen molar-refractivity contribution in [3.05, 3.63) is 41.5 Å². The number of hydrogen-bond acceptors (Lipinski definition) is 4. The van der Waals surface area contributed by atoms with E-state index in [1.54, 1.807) is 5.56 Å². The van der Waals surface area contributed by atoms with Crippen LogP contribution in [0.2, 0.25) is 0 Å². The number of anilines is 1. The summed E-state index contributed by atoms with van der Waals surface area (Å²) in [6, 6.07) is 10.3. The summed E-state index contributed by atoms with van der Waals surface area (Å²) in [4.78, 5) is 5.26. The van der Waals surface area contributed by atoms with Crippen LogP contribution in [0.15, 0.2) is 35.9 Å². The van der Waals surface area contributed by atoms with Gasteiger partial charge < -0.3 is 14.7 Å². The van der Waals surface area contributed by atoms with Crippen LogP contribution < -0.4 is 4.90 Å². The zero-order valence-corrected chi connectivity index (χ0v) is 13.9. The fourth-order valence-corrected chi connectivity index (χ4v) is 6.89. The monoisotopic (exact) mass is 324 g/mol. The van der Waals surface area contributed by atoms with Crippen LogP contribution in [0.1, 0.15) is 18.4 Å². The lowest BCUT2D eigenvalue weighted by atomic mass is 9.55. The number of piperidine rings is 1. The fourth-order valence-electron chi connectivity index (χ4n) is 6.89. The van der Waals surface area contributed by atoms with E-state index in [1.807, 2.05) is 0 Å². The topological polar surface area (TPSA) is 35.9 Å². The van der Waals surface area contributed by atoms with Gasteiger partial charge in [0.2, 0.25) is 0 Å². The molecule has 6 rings (SSSR count). The van der Waals surface area contributed by atoms with E-state index in [2.05, 4.69) is 40.1 Å². The van der Waals surface area contributed by atoms with Crippen molar-refractivity contribution in [1.82, 2.24) is 4.90 Å². The van der Waals surface area contributed by atoms with E-state index < -0.39 is 0 Å². The zero-order valence-electron chi connectivity index (χ0n) is 13.9. The average Bonchev–Trinajstić information content (AvgIpc) is 3.16. The van der Waals surface area contributed by atoms with Crippen molar-refractivity contribution in [2.45, 2.75) is 30.3 Å².